The average Bonchev–Trinajstić information content (AvgIpc) is 2.40. The number of para-hydroxylation sites is 1. The van der Waals surface area contributed by atoms with E-state index in [9.17, 15) is 14.0 Å². The van der Waals surface area contributed by atoms with E-state index in [2.05, 4.69) is 5.92 Å². The molecule has 0 bridgehead atoms. The van der Waals surface area contributed by atoms with Crippen LogP contribution in [0.25, 0.3) is 0 Å². The highest BCUT2D eigenvalue weighted by molar-refractivity contribution is 5.81. The fourth-order valence-electron chi connectivity index (χ4n) is 1.47. The summed E-state index contributed by atoms with van der Waals surface area (Å²) < 4.78 is 18.4. The van der Waals surface area contributed by atoms with E-state index >= 15 is 0 Å². The molecule has 0 radical (unpaired) electrons. The SMILES string of the molecule is C#CCN(CC(=O)O)C(=O)CCOc1ccccc1F. The second-order valence-corrected chi connectivity index (χ2v) is 3.88. The van der Waals surface area contributed by atoms with Crippen molar-refractivity contribution in [1.29, 1.82) is 0 Å². The maximum absolute atomic E-state index is 13.2. The monoisotopic (exact) mass is 279 g/mol. The van der Waals surface area contributed by atoms with Crippen molar-refractivity contribution in [2.45, 2.75) is 6.42 Å². The number of aliphatic carboxylic acids is 1. The Kier molecular flexibility index (Phi) is 6.04. The second-order valence-electron chi connectivity index (χ2n) is 3.88. The first-order valence-corrected chi connectivity index (χ1v) is 5.85. The highest BCUT2D eigenvalue weighted by Gasteiger charge is 2.15. The van der Waals surface area contributed by atoms with Crippen LogP contribution in [0.1, 0.15) is 6.42 Å². The Hall–Kier alpha value is -2.55. The van der Waals surface area contributed by atoms with Crippen LogP contribution in [0, 0.1) is 18.2 Å². The molecule has 0 fully saturated rings. The molecular formula is C14H14FNO4. The Morgan fingerprint density at radius 1 is 1.40 bits per heavy atom. The normalized spacial score (nSPS) is 9.60. The first-order chi connectivity index (χ1) is 9.54. The molecule has 0 spiro atoms. The lowest BCUT2D eigenvalue weighted by atomic mass is 10.3. The van der Waals surface area contributed by atoms with Gasteiger partial charge < -0.3 is 14.7 Å². The summed E-state index contributed by atoms with van der Waals surface area (Å²) in [4.78, 5) is 23.3. The smallest absolute Gasteiger partial charge is 0.323 e. The molecule has 106 valence electrons. The summed E-state index contributed by atoms with van der Waals surface area (Å²) >= 11 is 0. The van der Waals surface area contributed by atoms with Gasteiger partial charge >= 0.3 is 5.97 Å². The molecule has 1 amide bonds. The van der Waals surface area contributed by atoms with E-state index in [-0.39, 0.29) is 25.3 Å². The van der Waals surface area contributed by atoms with Gasteiger partial charge in [-0.15, -0.1) is 6.42 Å². The number of carbonyl (C=O) groups excluding carboxylic acids is 1. The largest absolute Gasteiger partial charge is 0.490 e. The third-order valence-corrected chi connectivity index (χ3v) is 2.37. The maximum atomic E-state index is 13.2. The molecule has 1 aromatic rings. The van der Waals surface area contributed by atoms with Crippen molar-refractivity contribution in [3.63, 3.8) is 0 Å². The summed E-state index contributed by atoms with van der Waals surface area (Å²) in [6.45, 7) is -0.617. The summed E-state index contributed by atoms with van der Waals surface area (Å²) in [7, 11) is 0. The molecule has 1 rings (SSSR count). The molecule has 0 aliphatic rings. The number of ether oxygens (including phenoxy) is 1. The van der Waals surface area contributed by atoms with Gasteiger partial charge in [-0.2, -0.15) is 0 Å². The van der Waals surface area contributed by atoms with Gasteiger partial charge in [0.05, 0.1) is 19.6 Å². The van der Waals surface area contributed by atoms with Crippen LogP contribution in [0.4, 0.5) is 4.39 Å². The third-order valence-electron chi connectivity index (χ3n) is 2.37. The minimum absolute atomic E-state index is 0.0436. The lowest BCUT2D eigenvalue weighted by molar-refractivity contribution is -0.144. The molecule has 0 unspecified atom stereocenters. The number of nitrogens with zero attached hydrogens (tertiary/aromatic N) is 1. The molecule has 0 saturated carbocycles. The van der Waals surface area contributed by atoms with Crippen LogP contribution < -0.4 is 4.74 Å². The molecule has 1 N–H and O–H groups in total. The van der Waals surface area contributed by atoms with Crippen LogP contribution >= 0.6 is 0 Å². The fraction of sp³-hybridized carbons (Fsp3) is 0.286. The van der Waals surface area contributed by atoms with Gasteiger partial charge in [0.2, 0.25) is 5.91 Å². The van der Waals surface area contributed by atoms with Crippen LogP contribution in [-0.2, 0) is 9.59 Å². The predicted molar refractivity (Wildman–Crippen MR) is 69.6 cm³/mol. The van der Waals surface area contributed by atoms with Crippen molar-refractivity contribution in [3.8, 4) is 18.1 Å². The van der Waals surface area contributed by atoms with Crippen LogP contribution in [0.3, 0.4) is 0 Å². The van der Waals surface area contributed by atoms with Gasteiger partial charge in [-0.1, -0.05) is 18.1 Å². The standard InChI is InChI=1S/C14H14FNO4/c1-2-8-16(10-14(18)19)13(17)7-9-20-12-6-4-3-5-11(12)15/h1,3-6H,7-10H2,(H,18,19). The lowest BCUT2D eigenvalue weighted by Crippen LogP contribution is -2.36. The maximum Gasteiger partial charge on any atom is 0.323 e. The molecule has 6 heteroatoms. The molecule has 0 saturated heterocycles. The van der Waals surface area contributed by atoms with Crippen molar-refractivity contribution in [2.75, 3.05) is 19.7 Å². The predicted octanol–water partition coefficient (Wildman–Crippen LogP) is 1.14. The Morgan fingerprint density at radius 3 is 2.70 bits per heavy atom. The third kappa shape index (κ3) is 4.98. The Balaban J connectivity index is 2.47. The molecular weight excluding hydrogens is 265 g/mol. The van der Waals surface area contributed by atoms with Gasteiger partial charge in [-0.05, 0) is 12.1 Å². The van der Waals surface area contributed by atoms with Gasteiger partial charge in [0.1, 0.15) is 6.54 Å². The quantitative estimate of drug-likeness (QED) is 0.760. The van der Waals surface area contributed by atoms with E-state index in [0.29, 0.717) is 0 Å². The number of amides is 1. The minimum atomic E-state index is -1.15. The van der Waals surface area contributed by atoms with E-state index in [1.165, 1.54) is 18.2 Å². The van der Waals surface area contributed by atoms with E-state index in [0.717, 1.165) is 4.90 Å². The topological polar surface area (TPSA) is 66.8 Å². The molecule has 0 heterocycles. The Labute approximate surface area is 116 Å². The molecule has 0 atom stereocenters. The van der Waals surface area contributed by atoms with Crippen LogP contribution in [0.15, 0.2) is 24.3 Å². The zero-order valence-corrected chi connectivity index (χ0v) is 10.7. The number of carbonyl (C=O) groups is 2. The number of carboxylic acids is 1. The lowest BCUT2D eigenvalue weighted by Gasteiger charge is -2.17. The van der Waals surface area contributed by atoms with E-state index in [4.69, 9.17) is 16.3 Å². The summed E-state index contributed by atoms with van der Waals surface area (Å²) in [5.74, 6) is 0.127. The molecule has 0 aromatic heterocycles. The Bertz CT molecular complexity index is 524. The van der Waals surface area contributed by atoms with Crippen LogP contribution in [-0.4, -0.2) is 41.6 Å². The second kappa shape index (κ2) is 7.79. The molecule has 0 aliphatic heterocycles. The van der Waals surface area contributed by atoms with Crippen molar-refractivity contribution >= 4 is 11.9 Å². The van der Waals surface area contributed by atoms with E-state index in [1.807, 2.05) is 0 Å². The summed E-state index contributed by atoms with van der Waals surface area (Å²) in [6.07, 6.45) is 4.98. The van der Waals surface area contributed by atoms with Gasteiger partial charge in [-0.25, -0.2) is 4.39 Å². The van der Waals surface area contributed by atoms with Gasteiger partial charge in [0, 0.05) is 0 Å². The van der Waals surface area contributed by atoms with Gasteiger partial charge in [0.25, 0.3) is 0 Å². The van der Waals surface area contributed by atoms with Gasteiger partial charge in [-0.3, -0.25) is 9.59 Å². The fourth-order valence-corrected chi connectivity index (χ4v) is 1.47. The van der Waals surface area contributed by atoms with E-state index in [1.54, 1.807) is 6.07 Å². The minimum Gasteiger partial charge on any atom is -0.490 e. The molecule has 0 aliphatic carbocycles. The van der Waals surface area contributed by atoms with Crippen LogP contribution in [0.5, 0.6) is 5.75 Å². The Morgan fingerprint density at radius 2 is 2.10 bits per heavy atom. The number of rotatable bonds is 7. The first kappa shape index (κ1) is 15.5. The van der Waals surface area contributed by atoms with Crippen molar-refractivity contribution in [1.82, 2.24) is 4.90 Å². The number of hydrogen-bond acceptors (Lipinski definition) is 3. The molecule has 5 nitrogen and oxygen atoms in total. The summed E-state index contributed by atoms with van der Waals surface area (Å²) in [6, 6.07) is 5.81. The average molecular weight is 279 g/mol. The number of benzene rings is 1. The summed E-state index contributed by atoms with van der Waals surface area (Å²) in [5.41, 5.74) is 0. The first-order valence-electron chi connectivity index (χ1n) is 5.85. The number of halogens is 1. The van der Waals surface area contributed by atoms with Crippen LogP contribution in [0.2, 0.25) is 0 Å². The summed E-state index contributed by atoms with van der Waals surface area (Å²) in [5, 5.41) is 8.66. The number of carboxylic acid groups (broad SMARTS) is 1. The number of hydrogen-bond donors (Lipinski definition) is 1. The zero-order valence-electron chi connectivity index (χ0n) is 10.7. The molecule has 1 aromatic carbocycles. The highest BCUT2D eigenvalue weighted by atomic mass is 19.1. The van der Waals surface area contributed by atoms with Crippen molar-refractivity contribution in [3.05, 3.63) is 30.1 Å². The number of terminal acetylenes is 1. The highest BCUT2D eigenvalue weighted by Crippen LogP contribution is 2.15. The van der Waals surface area contributed by atoms with E-state index < -0.39 is 24.2 Å². The van der Waals surface area contributed by atoms with Gasteiger partial charge in [0.15, 0.2) is 11.6 Å². The zero-order chi connectivity index (χ0) is 15.0. The molecule has 20 heavy (non-hydrogen) atoms. The van der Waals surface area contributed by atoms with Crippen molar-refractivity contribution < 1.29 is 23.8 Å². The van der Waals surface area contributed by atoms with Crippen molar-refractivity contribution in [2.24, 2.45) is 0 Å².